The predicted octanol–water partition coefficient (Wildman–Crippen LogP) is 3.89. The molecule has 0 atom stereocenters. The van der Waals surface area contributed by atoms with E-state index >= 15 is 0 Å². The molecule has 0 bridgehead atoms. The largest absolute Gasteiger partial charge is 0.286 e. The van der Waals surface area contributed by atoms with Crippen LogP contribution < -0.4 is 0 Å². The molecule has 0 N–H and O–H groups in total. The number of hydrogen-bond acceptors (Lipinski definition) is 3. The average molecular weight is 271 g/mol. The van der Waals surface area contributed by atoms with Crippen molar-refractivity contribution in [3.8, 4) is 0 Å². The maximum atomic E-state index is 12.4. The van der Waals surface area contributed by atoms with E-state index in [1.54, 1.807) is 11.3 Å². The number of carbonyl (C=O) groups excluding carboxylic acids is 1. The molecule has 0 saturated carbocycles. The maximum Gasteiger partial charge on any atom is 0.221 e. The second-order valence-electron chi connectivity index (χ2n) is 5.93. The molecule has 98 valence electrons. The van der Waals surface area contributed by atoms with Gasteiger partial charge in [-0.2, -0.15) is 0 Å². The lowest BCUT2D eigenvalue weighted by molar-refractivity contribution is 0.103. The molecule has 0 aliphatic heterocycles. The number of thiazole rings is 1. The highest BCUT2D eigenvalue weighted by molar-refractivity contribution is 7.14. The first-order valence-corrected chi connectivity index (χ1v) is 7.45. The molecule has 2 nitrogen and oxygen atoms in total. The lowest BCUT2D eigenvalue weighted by Gasteiger charge is -2.28. The smallest absolute Gasteiger partial charge is 0.221 e. The second-order valence-corrected chi connectivity index (χ2v) is 7.01. The minimum atomic E-state index is 0.0535. The molecule has 2 aromatic rings. The zero-order valence-corrected chi connectivity index (χ0v) is 12.1. The van der Waals surface area contributed by atoms with Crippen molar-refractivity contribution in [3.63, 3.8) is 0 Å². The van der Waals surface area contributed by atoms with Gasteiger partial charge in [-0.15, -0.1) is 11.3 Å². The molecule has 1 aromatic heterocycles. The number of aryl methyl sites for hydroxylation is 1. The van der Waals surface area contributed by atoms with Crippen molar-refractivity contribution in [3.05, 3.63) is 51.5 Å². The molecular weight excluding hydrogens is 254 g/mol. The van der Waals surface area contributed by atoms with Crippen molar-refractivity contribution in [1.29, 1.82) is 0 Å². The summed E-state index contributed by atoms with van der Waals surface area (Å²) in [5.74, 6) is 0.0535. The van der Waals surface area contributed by atoms with Gasteiger partial charge in [0.15, 0.2) is 5.01 Å². The number of aromatic nitrogens is 1. The molecule has 3 rings (SSSR count). The van der Waals surface area contributed by atoms with Crippen LogP contribution in [-0.2, 0) is 12.8 Å². The summed E-state index contributed by atoms with van der Waals surface area (Å²) in [6.07, 6.45) is 3.20. The summed E-state index contributed by atoms with van der Waals surface area (Å²) in [6.45, 7) is 4.57. The van der Waals surface area contributed by atoms with Crippen LogP contribution in [0.15, 0.2) is 30.3 Å². The fourth-order valence-electron chi connectivity index (χ4n) is 2.51. The van der Waals surface area contributed by atoms with Crippen LogP contribution in [0, 0.1) is 5.41 Å². The highest BCUT2D eigenvalue weighted by atomic mass is 32.1. The first kappa shape index (κ1) is 12.5. The Morgan fingerprint density at radius 3 is 2.74 bits per heavy atom. The van der Waals surface area contributed by atoms with Gasteiger partial charge in [0.1, 0.15) is 0 Å². The van der Waals surface area contributed by atoms with Crippen molar-refractivity contribution >= 4 is 17.1 Å². The monoisotopic (exact) mass is 271 g/mol. The first-order valence-electron chi connectivity index (χ1n) is 6.63. The molecule has 0 radical (unpaired) electrons. The highest BCUT2D eigenvalue weighted by Gasteiger charge is 2.29. The molecule has 0 amide bonds. The molecule has 3 heteroatoms. The SMILES string of the molecule is CC1(C)CCc2nc(C(=O)c3ccccc3)sc2C1. The Morgan fingerprint density at radius 2 is 2.00 bits per heavy atom. The fraction of sp³-hybridized carbons (Fsp3) is 0.375. The van der Waals surface area contributed by atoms with Gasteiger partial charge in [0.25, 0.3) is 0 Å². The molecule has 0 unspecified atom stereocenters. The minimum Gasteiger partial charge on any atom is -0.286 e. The number of ketones is 1. The Kier molecular flexibility index (Phi) is 3.02. The summed E-state index contributed by atoms with van der Waals surface area (Å²) >= 11 is 1.58. The van der Waals surface area contributed by atoms with Crippen LogP contribution in [0.3, 0.4) is 0 Å². The van der Waals surface area contributed by atoms with Crippen LogP contribution in [-0.4, -0.2) is 10.8 Å². The minimum absolute atomic E-state index is 0.0535. The van der Waals surface area contributed by atoms with Gasteiger partial charge >= 0.3 is 0 Å². The molecule has 1 aliphatic carbocycles. The second kappa shape index (κ2) is 4.57. The summed E-state index contributed by atoms with van der Waals surface area (Å²) in [5, 5.41) is 0.647. The number of carbonyl (C=O) groups is 1. The highest BCUT2D eigenvalue weighted by Crippen LogP contribution is 2.37. The van der Waals surface area contributed by atoms with Gasteiger partial charge < -0.3 is 0 Å². The molecule has 1 aliphatic rings. The summed E-state index contributed by atoms with van der Waals surface area (Å²) in [7, 11) is 0. The Hall–Kier alpha value is -1.48. The van der Waals surface area contributed by atoms with Crippen LogP contribution in [0.25, 0.3) is 0 Å². The number of fused-ring (bicyclic) bond motifs is 1. The van der Waals surface area contributed by atoms with E-state index in [1.165, 1.54) is 4.88 Å². The van der Waals surface area contributed by atoms with E-state index in [1.807, 2.05) is 30.3 Å². The molecule has 0 saturated heterocycles. The van der Waals surface area contributed by atoms with E-state index in [0.29, 0.717) is 10.4 Å². The number of hydrogen-bond donors (Lipinski definition) is 0. The van der Waals surface area contributed by atoms with E-state index < -0.39 is 0 Å². The normalized spacial score (nSPS) is 16.9. The molecule has 0 fully saturated rings. The van der Waals surface area contributed by atoms with E-state index in [2.05, 4.69) is 18.8 Å². The molecule has 0 spiro atoms. The van der Waals surface area contributed by atoms with Crippen LogP contribution in [0.5, 0.6) is 0 Å². The quantitative estimate of drug-likeness (QED) is 0.776. The lowest BCUT2D eigenvalue weighted by atomic mass is 9.79. The van der Waals surface area contributed by atoms with Gasteiger partial charge in [-0.25, -0.2) is 4.98 Å². The van der Waals surface area contributed by atoms with E-state index in [-0.39, 0.29) is 5.78 Å². The first-order chi connectivity index (χ1) is 9.05. The molecule has 1 aromatic carbocycles. The van der Waals surface area contributed by atoms with Crippen molar-refractivity contribution in [1.82, 2.24) is 4.98 Å². The van der Waals surface area contributed by atoms with Crippen molar-refractivity contribution < 1.29 is 4.79 Å². The Morgan fingerprint density at radius 1 is 1.26 bits per heavy atom. The average Bonchev–Trinajstić information content (AvgIpc) is 2.80. The summed E-state index contributed by atoms with van der Waals surface area (Å²) < 4.78 is 0. The summed E-state index contributed by atoms with van der Waals surface area (Å²) in [6, 6.07) is 9.42. The molecule has 1 heterocycles. The van der Waals surface area contributed by atoms with E-state index in [0.717, 1.165) is 30.5 Å². The zero-order valence-electron chi connectivity index (χ0n) is 11.3. The third-order valence-electron chi connectivity index (χ3n) is 3.69. The summed E-state index contributed by atoms with van der Waals surface area (Å²) in [5.41, 5.74) is 2.21. The van der Waals surface area contributed by atoms with Crippen molar-refractivity contribution in [2.45, 2.75) is 33.1 Å². The van der Waals surface area contributed by atoms with Gasteiger partial charge in [-0.3, -0.25) is 4.79 Å². The standard InChI is InChI=1S/C16H17NOS/c1-16(2)9-8-12-13(10-16)19-15(17-12)14(18)11-6-4-3-5-7-11/h3-7H,8-10H2,1-2H3. The Balaban J connectivity index is 1.92. The van der Waals surface area contributed by atoms with Gasteiger partial charge in [0, 0.05) is 10.4 Å². The van der Waals surface area contributed by atoms with Crippen molar-refractivity contribution in [2.24, 2.45) is 5.41 Å². The number of nitrogens with zero attached hydrogens (tertiary/aromatic N) is 1. The lowest BCUT2D eigenvalue weighted by Crippen LogP contribution is -2.20. The van der Waals surface area contributed by atoms with Gasteiger partial charge in [-0.1, -0.05) is 44.2 Å². The number of benzene rings is 1. The third-order valence-corrected chi connectivity index (χ3v) is 4.78. The van der Waals surface area contributed by atoms with E-state index in [9.17, 15) is 4.79 Å². The van der Waals surface area contributed by atoms with Crippen molar-refractivity contribution in [2.75, 3.05) is 0 Å². The fourth-order valence-corrected chi connectivity index (χ4v) is 3.83. The topological polar surface area (TPSA) is 30.0 Å². The molecule has 19 heavy (non-hydrogen) atoms. The van der Waals surface area contributed by atoms with Crippen LogP contribution in [0.2, 0.25) is 0 Å². The van der Waals surface area contributed by atoms with Crippen LogP contribution in [0.4, 0.5) is 0 Å². The zero-order chi connectivity index (χ0) is 13.5. The summed E-state index contributed by atoms with van der Waals surface area (Å²) in [4.78, 5) is 18.2. The predicted molar refractivity (Wildman–Crippen MR) is 77.8 cm³/mol. The van der Waals surface area contributed by atoms with Gasteiger partial charge in [0.05, 0.1) is 5.69 Å². The third kappa shape index (κ3) is 2.47. The van der Waals surface area contributed by atoms with Gasteiger partial charge in [0.2, 0.25) is 5.78 Å². The van der Waals surface area contributed by atoms with E-state index in [4.69, 9.17) is 0 Å². The van der Waals surface area contributed by atoms with Gasteiger partial charge in [-0.05, 0) is 24.7 Å². The van der Waals surface area contributed by atoms with Crippen LogP contribution in [0.1, 0.15) is 46.2 Å². The maximum absolute atomic E-state index is 12.4. The Labute approximate surface area is 117 Å². The Bertz CT molecular complexity index is 613. The number of rotatable bonds is 2. The van der Waals surface area contributed by atoms with Crippen LogP contribution >= 0.6 is 11.3 Å². The molecular formula is C16H17NOS.